The van der Waals surface area contributed by atoms with Crippen molar-refractivity contribution in [3.8, 4) is 0 Å². The van der Waals surface area contributed by atoms with E-state index in [1.807, 2.05) is 6.92 Å². The van der Waals surface area contributed by atoms with E-state index in [1.54, 1.807) is 0 Å². The van der Waals surface area contributed by atoms with Gasteiger partial charge in [-0.15, -0.1) is 0 Å². The molecule has 2 rings (SSSR count). The number of rotatable bonds is 6. The van der Waals surface area contributed by atoms with Crippen LogP contribution in [0.5, 0.6) is 0 Å². The van der Waals surface area contributed by atoms with Gasteiger partial charge in [-0.3, -0.25) is 10.1 Å². The first kappa shape index (κ1) is 16.8. The lowest BCUT2D eigenvalue weighted by molar-refractivity contribution is -0.130. The number of nitrogens with one attached hydrogen (secondary N) is 1. The van der Waals surface area contributed by atoms with Gasteiger partial charge in [0, 0.05) is 19.1 Å². The maximum atomic E-state index is 12.3. The zero-order valence-electron chi connectivity index (χ0n) is 14.3. The first-order chi connectivity index (χ1) is 9.99. The van der Waals surface area contributed by atoms with Crippen LogP contribution in [0.1, 0.15) is 59.8 Å². The van der Waals surface area contributed by atoms with Crippen LogP contribution in [-0.4, -0.2) is 53.6 Å². The summed E-state index contributed by atoms with van der Waals surface area (Å²) in [6, 6.07) is 0.708. The van der Waals surface area contributed by atoms with Gasteiger partial charge in [0.25, 0.3) is 0 Å². The molecule has 2 saturated heterocycles. The minimum Gasteiger partial charge on any atom is -0.326 e. The number of carbonyl (C=O) groups excluding carboxylic acids is 1. The van der Waals surface area contributed by atoms with Crippen molar-refractivity contribution < 1.29 is 4.79 Å². The molecule has 0 bridgehead atoms. The monoisotopic (exact) mass is 295 g/mol. The third-order valence-corrected chi connectivity index (χ3v) is 4.95. The zero-order valence-corrected chi connectivity index (χ0v) is 14.3. The predicted octanol–water partition coefficient (Wildman–Crippen LogP) is 2.44. The van der Waals surface area contributed by atoms with E-state index in [4.69, 9.17) is 0 Å². The van der Waals surface area contributed by atoms with Crippen LogP contribution in [-0.2, 0) is 4.79 Å². The van der Waals surface area contributed by atoms with Gasteiger partial charge in [0.05, 0.1) is 12.2 Å². The molecule has 0 radical (unpaired) electrons. The maximum Gasteiger partial charge on any atom is 0.240 e. The number of likely N-dealkylation sites (tertiary alicyclic amines) is 1. The Balaban J connectivity index is 1.80. The Kier molecular flexibility index (Phi) is 6.06. The second kappa shape index (κ2) is 7.59. The number of carbonyl (C=O) groups is 1. The average molecular weight is 295 g/mol. The van der Waals surface area contributed by atoms with E-state index in [-0.39, 0.29) is 18.1 Å². The smallest absolute Gasteiger partial charge is 0.240 e. The van der Waals surface area contributed by atoms with Crippen LogP contribution < -0.4 is 5.32 Å². The molecule has 1 amide bonds. The summed E-state index contributed by atoms with van der Waals surface area (Å²) in [5, 5.41) is 3.45. The number of piperidine rings is 1. The molecule has 3 atom stereocenters. The molecule has 0 aromatic heterocycles. The number of hydrogen-bond donors (Lipinski definition) is 1. The maximum absolute atomic E-state index is 12.3. The van der Waals surface area contributed by atoms with Crippen LogP contribution in [0, 0.1) is 5.92 Å². The van der Waals surface area contributed by atoms with Gasteiger partial charge in [0.1, 0.15) is 0 Å². The summed E-state index contributed by atoms with van der Waals surface area (Å²) in [5.41, 5.74) is 0. The standard InChI is InChI=1S/C17H33N3O/c1-13(2)12-16-18-15(4)17(21)20(16)11-7-10-19-9-6-5-8-14(19)3/h13-16,18H,5-12H2,1-4H3. The molecule has 4 heteroatoms. The summed E-state index contributed by atoms with van der Waals surface area (Å²) in [5.74, 6) is 0.901. The van der Waals surface area contributed by atoms with Crippen molar-refractivity contribution in [3.05, 3.63) is 0 Å². The highest BCUT2D eigenvalue weighted by molar-refractivity contribution is 5.83. The Hall–Kier alpha value is -0.610. The fourth-order valence-corrected chi connectivity index (χ4v) is 3.69. The molecule has 0 aliphatic carbocycles. The van der Waals surface area contributed by atoms with Gasteiger partial charge >= 0.3 is 0 Å². The summed E-state index contributed by atoms with van der Waals surface area (Å²) in [4.78, 5) is 17.0. The summed E-state index contributed by atoms with van der Waals surface area (Å²) in [6.07, 6.45) is 6.43. The molecule has 0 saturated carbocycles. The van der Waals surface area contributed by atoms with Crippen LogP contribution in [0.4, 0.5) is 0 Å². The molecule has 2 aliphatic heterocycles. The SMILES string of the molecule is CC(C)CC1NC(C)C(=O)N1CCCN1CCCCC1C. The van der Waals surface area contributed by atoms with Crippen LogP contribution in [0.15, 0.2) is 0 Å². The molecular formula is C17H33N3O. The fraction of sp³-hybridized carbons (Fsp3) is 0.941. The van der Waals surface area contributed by atoms with Crippen LogP contribution in [0.3, 0.4) is 0 Å². The summed E-state index contributed by atoms with van der Waals surface area (Å²) in [7, 11) is 0. The van der Waals surface area contributed by atoms with Crippen molar-refractivity contribution in [2.45, 2.75) is 78.0 Å². The van der Waals surface area contributed by atoms with Crippen molar-refractivity contribution in [3.63, 3.8) is 0 Å². The fourth-order valence-electron chi connectivity index (χ4n) is 3.69. The minimum atomic E-state index is -0.0114. The van der Waals surface area contributed by atoms with Crippen molar-refractivity contribution in [1.29, 1.82) is 0 Å². The van der Waals surface area contributed by atoms with E-state index < -0.39 is 0 Å². The highest BCUT2D eigenvalue weighted by Gasteiger charge is 2.35. The number of hydrogen-bond acceptors (Lipinski definition) is 3. The van der Waals surface area contributed by atoms with Gasteiger partial charge in [0.15, 0.2) is 0 Å². The van der Waals surface area contributed by atoms with Gasteiger partial charge < -0.3 is 9.80 Å². The lowest BCUT2D eigenvalue weighted by Gasteiger charge is -2.34. The third kappa shape index (κ3) is 4.43. The number of nitrogens with zero attached hydrogens (tertiary/aromatic N) is 2. The molecule has 2 heterocycles. The first-order valence-electron chi connectivity index (χ1n) is 8.79. The van der Waals surface area contributed by atoms with Gasteiger partial charge in [0.2, 0.25) is 5.91 Å². The molecule has 0 spiro atoms. The molecule has 122 valence electrons. The largest absolute Gasteiger partial charge is 0.326 e. The topological polar surface area (TPSA) is 35.6 Å². The van der Waals surface area contributed by atoms with Crippen molar-refractivity contribution >= 4 is 5.91 Å². The van der Waals surface area contributed by atoms with E-state index in [9.17, 15) is 4.79 Å². The molecule has 1 N–H and O–H groups in total. The third-order valence-electron chi connectivity index (χ3n) is 4.95. The van der Waals surface area contributed by atoms with Crippen LogP contribution >= 0.6 is 0 Å². The quantitative estimate of drug-likeness (QED) is 0.817. The zero-order chi connectivity index (χ0) is 15.4. The highest BCUT2D eigenvalue weighted by Crippen LogP contribution is 2.19. The van der Waals surface area contributed by atoms with E-state index in [0.717, 1.165) is 32.0 Å². The average Bonchev–Trinajstić information content (AvgIpc) is 2.67. The highest BCUT2D eigenvalue weighted by atomic mass is 16.2. The molecular weight excluding hydrogens is 262 g/mol. The number of amides is 1. The first-order valence-corrected chi connectivity index (χ1v) is 8.79. The molecule has 0 aromatic rings. The molecule has 4 nitrogen and oxygen atoms in total. The van der Waals surface area contributed by atoms with Crippen molar-refractivity contribution in [1.82, 2.24) is 15.1 Å². The Morgan fingerprint density at radius 1 is 1.24 bits per heavy atom. The predicted molar refractivity (Wildman–Crippen MR) is 87.1 cm³/mol. The lowest BCUT2D eigenvalue weighted by Crippen LogP contribution is -2.42. The van der Waals surface area contributed by atoms with Crippen LogP contribution in [0.25, 0.3) is 0 Å². The summed E-state index contributed by atoms with van der Waals surface area (Å²) >= 11 is 0. The second-order valence-electron chi connectivity index (χ2n) is 7.30. The van der Waals surface area contributed by atoms with Crippen molar-refractivity contribution in [2.75, 3.05) is 19.6 Å². The van der Waals surface area contributed by atoms with Crippen molar-refractivity contribution in [2.24, 2.45) is 5.92 Å². The van der Waals surface area contributed by atoms with E-state index in [1.165, 1.54) is 25.8 Å². The Morgan fingerprint density at radius 2 is 2.00 bits per heavy atom. The molecule has 2 fully saturated rings. The van der Waals surface area contributed by atoms with E-state index >= 15 is 0 Å². The Labute approximate surface area is 130 Å². The van der Waals surface area contributed by atoms with E-state index in [2.05, 4.69) is 35.9 Å². The van der Waals surface area contributed by atoms with Gasteiger partial charge in [-0.05, 0) is 52.0 Å². The minimum absolute atomic E-state index is 0.0114. The molecule has 3 unspecified atom stereocenters. The molecule has 2 aliphatic rings. The van der Waals surface area contributed by atoms with Gasteiger partial charge in [-0.1, -0.05) is 20.3 Å². The summed E-state index contributed by atoms with van der Waals surface area (Å²) in [6.45, 7) is 12.0. The van der Waals surface area contributed by atoms with Crippen LogP contribution in [0.2, 0.25) is 0 Å². The summed E-state index contributed by atoms with van der Waals surface area (Å²) < 4.78 is 0. The Morgan fingerprint density at radius 3 is 2.67 bits per heavy atom. The molecule has 21 heavy (non-hydrogen) atoms. The van der Waals surface area contributed by atoms with E-state index in [0.29, 0.717) is 5.92 Å². The second-order valence-corrected chi connectivity index (χ2v) is 7.30. The lowest BCUT2D eigenvalue weighted by atomic mass is 10.0. The van der Waals surface area contributed by atoms with Gasteiger partial charge in [-0.25, -0.2) is 0 Å². The normalized spacial score (nSPS) is 31.4. The molecule has 0 aromatic carbocycles. The van der Waals surface area contributed by atoms with Gasteiger partial charge in [-0.2, -0.15) is 0 Å². The Bertz CT molecular complexity index is 345.